The molecular formula is C16H15NO2S2. The zero-order chi connectivity index (χ0) is 14.8. The van der Waals surface area contributed by atoms with Gasteiger partial charge in [0.25, 0.3) is 0 Å². The van der Waals surface area contributed by atoms with Gasteiger partial charge in [-0.1, -0.05) is 24.3 Å². The van der Waals surface area contributed by atoms with Gasteiger partial charge >= 0.3 is 5.97 Å². The lowest BCUT2D eigenvalue weighted by molar-refractivity contribution is 0.0701. The van der Waals surface area contributed by atoms with Crippen molar-refractivity contribution in [1.82, 2.24) is 5.32 Å². The van der Waals surface area contributed by atoms with Gasteiger partial charge in [-0.2, -0.15) is 0 Å². The Balaban J connectivity index is 1.89. The molecule has 1 aromatic carbocycles. The van der Waals surface area contributed by atoms with Crippen molar-refractivity contribution in [2.45, 2.75) is 19.5 Å². The van der Waals surface area contributed by atoms with Gasteiger partial charge in [-0.05, 0) is 35.4 Å². The van der Waals surface area contributed by atoms with Crippen LogP contribution in [-0.4, -0.2) is 11.1 Å². The molecule has 0 unspecified atom stereocenters. The van der Waals surface area contributed by atoms with Gasteiger partial charge in [0.15, 0.2) is 0 Å². The van der Waals surface area contributed by atoms with Crippen molar-refractivity contribution < 1.29 is 9.90 Å². The first-order valence-electron chi connectivity index (χ1n) is 6.67. The Morgan fingerprint density at radius 3 is 2.81 bits per heavy atom. The molecule has 0 amide bonds. The lowest BCUT2D eigenvalue weighted by Gasteiger charge is -2.12. The number of nitrogens with one attached hydrogen (secondary N) is 1. The van der Waals surface area contributed by atoms with Crippen molar-refractivity contribution in [3.63, 3.8) is 0 Å². The average molecular weight is 317 g/mol. The second-order valence-electron chi connectivity index (χ2n) is 4.83. The van der Waals surface area contributed by atoms with Crippen molar-refractivity contribution in [3.8, 4) is 0 Å². The standard InChI is InChI=1S/C16H15NO2S2/c1-10(13-7-4-8-20-13)17-9-12-11-5-2-3-6-14(11)21-15(12)16(18)19/h2-8,10,17H,9H2,1H3,(H,18,19)/t10-/m0/s1. The number of fused-ring (bicyclic) bond motifs is 1. The van der Waals surface area contributed by atoms with E-state index in [0.717, 1.165) is 15.6 Å². The van der Waals surface area contributed by atoms with Crippen molar-refractivity contribution in [1.29, 1.82) is 0 Å². The van der Waals surface area contributed by atoms with Crippen molar-refractivity contribution in [3.05, 3.63) is 57.1 Å². The van der Waals surface area contributed by atoms with Crippen LogP contribution in [0.2, 0.25) is 0 Å². The molecule has 1 atom stereocenters. The van der Waals surface area contributed by atoms with E-state index in [1.54, 1.807) is 11.3 Å². The smallest absolute Gasteiger partial charge is 0.346 e. The van der Waals surface area contributed by atoms with Crippen LogP contribution in [0, 0.1) is 0 Å². The fraction of sp³-hybridized carbons (Fsp3) is 0.188. The third-order valence-corrected chi connectivity index (χ3v) is 5.70. The van der Waals surface area contributed by atoms with Gasteiger partial charge in [0, 0.05) is 22.2 Å². The number of carbonyl (C=O) groups is 1. The number of carboxylic acids is 1. The zero-order valence-electron chi connectivity index (χ0n) is 11.5. The second kappa shape index (κ2) is 5.97. The lowest BCUT2D eigenvalue weighted by atomic mass is 10.1. The maximum atomic E-state index is 11.4. The molecule has 2 heterocycles. The van der Waals surface area contributed by atoms with Gasteiger partial charge in [0.1, 0.15) is 4.88 Å². The van der Waals surface area contributed by atoms with Gasteiger partial charge in [0.05, 0.1) is 0 Å². The van der Waals surface area contributed by atoms with Crippen molar-refractivity contribution >= 4 is 38.7 Å². The summed E-state index contributed by atoms with van der Waals surface area (Å²) in [6, 6.07) is 12.2. The number of hydrogen-bond acceptors (Lipinski definition) is 4. The molecule has 3 nitrogen and oxygen atoms in total. The summed E-state index contributed by atoms with van der Waals surface area (Å²) in [5.74, 6) is -0.850. The molecular weight excluding hydrogens is 302 g/mol. The molecule has 0 aliphatic heterocycles. The van der Waals surface area contributed by atoms with E-state index in [0.29, 0.717) is 11.4 Å². The summed E-state index contributed by atoms with van der Waals surface area (Å²) in [6.45, 7) is 2.66. The third-order valence-electron chi connectivity index (χ3n) is 3.45. The van der Waals surface area contributed by atoms with Crippen LogP contribution in [0.4, 0.5) is 0 Å². The first-order chi connectivity index (χ1) is 10.2. The minimum atomic E-state index is -0.850. The van der Waals surface area contributed by atoms with E-state index in [9.17, 15) is 9.90 Å². The highest BCUT2D eigenvalue weighted by Crippen LogP contribution is 2.31. The molecule has 0 fully saturated rings. The Bertz CT molecular complexity index is 762. The Labute approximate surface area is 130 Å². The molecule has 5 heteroatoms. The van der Waals surface area contributed by atoms with E-state index in [-0.39, 0.29) is 6.04 Å². The summed E-state index contributed by atoms with van der Waals surface area (Å²) < 4.78 is 1.02. The molecule has 3 rings (SSSR count). The van der Waals surface area contributed by atoms with Crippen molar-refractivity contribution in [2.24, 2.45) is 0 Å². The molecule has 0 radical (unpaired) electrons. The zero-order valence-corrected chi connectivity index (χ0v) is 13.1. The van der Waals surface area contributed by atoms with E-state index in [2.05, 4.69) is 23.7 Å². The van der Waals surface area contributed by atoms with E-state index < -0.39 is 5.97 Å². The Hall–Kier alpha value is -1.69. The molecule has 2 N–H and O–H groups in total. The SMILES string of the molecule is C[C@H](NCc1c(C(=O)O)sc2ccccc12)c1cccs1. The predicted octanol–water partition coefficient (Wildman–Crippen LogP) is 4.51. The third kappa shape index (κ3) is 2.85. The minimum Gasteiger partial charge on any atom is -0.477 e. The van der Waals surface area contributed by atoms with E-state index in [1.165, 1.54) is 16.2 Å². The van der Waals surface area contributed by atoms with Gasteiger partial charge in [-0.3, -0.25) is 0 Å². The molecule has 0 saturated heterocycles. The molecule has 0 bridgehead atoms. The number of rotatable bonds is 5. The predicted molar refractivity (Wildman–Crippen MR) is 88.4 cm³/mol. The number of thiophene rings is 2. The molecule has 108 valence electrons. The summed E-state index contributed by atoms with van der Waals surface area (Å²) in [4.78, 5) is 13.1. The molecule has 0 aliphatic rings. The number of hydrogen-bond donors (Lipinski definition) is 2. The Morgan fingerprint density at radius 1 is 1.29 bits per heavy atom. The summed E-state index contributed by atoms with van der Waals surface area (Å²) >= 11 is 3.05. The highest BCUT2D eigenvalue weighted by molar-refractivity contribution is 7.21. The van der Waals surface area contributed by atoms with Crippen molar-refractivity contribution in [2.75, 3.05) is 0 Å². The average Bonchev–Trinajstić information content (AvgIpc) is 3.12. The molecule has 0 aliphatic carbocycles. The normalized spacial score (nSPS) is 12.6. The first kappa shape index (κ1) is 14.3. The summed E-state index contributed by atoms with van der Waals surface area (Å²) in [6.07, 6.45) is 0. The highest BCUT2D eigenvalue weighted by Gasteiger charge is 2.18. The van der Waals surface area contributed by atoms with E-state index in [4.69, 9.17) is 0 Å². The van der Waals surface area contributed by atoms with E-state index in [1.807, 2.05) is 30.3 Å². The molecule has 0 spiro atoms. The van der Waals surface area contributed by atoms with Gasteiger partial charge in [0.2, 0.25) is 0 Å². The largest absolute Gasteiger partial charge is 0.477 e. The lowest BCUT2D eigenvalue weighted by Crippen LogP contribution is -2.18. The van der Waals surface area contributed by atoms with E-state index >= 15 is 0 Å². The summed E-state index contributed by atoms with van der Waals surface area (Å²) in [5, 5.41) is 15.9. The highest BCUT2D eigenvalue weighted by atomic mass is 32.1. The summed E-state index contributed by atoms with van der Waals surface area (Å²) in [7, 11) is 0. The number of benzene rings is 1. The van der Waals surface area contributed by atoms with Gasteiger partial charge in [-0.25, -0.2) is 4.79 Å². The molecule has 21 heavy (non-hydrogen) atoms. The van der Waals surface area contributed by atoms with Crippen LogP contribution in [0.25, 0.3) is 10.1 Å². The van der Waals surface area contributed by atoms with Gasteiger partial charge in [-0.15, -0.1) is 22.7 Å². The number of carboxylic acid groups (broad SMARTS) is 1. The first-order valence-corrected chi connectivity index (χ1v) is 8.37. The molecule has 3 aromatic rings. The second-order valence-corrected chi connectivity index (χ2v) is 6.86. The van der Waals surface area contributed by atoms with Gasteiger partial charge < -0.3 is 10.4 Å². The summed E-state index contributed by atoms with van der Waals surface area (Å²) in [5.41, 5.74) is 0.881. The fourth-order valence-corrected chi connectivity index (χ4v) is 4.16. The minimum absolute atomic E-state index is 0.213. The van der Waals surface area contributed by atoms with Crippen LogP contribution in [-0.2, 0) is 6.54 Å². The van der Waals surface area contributed by atoms with Crippen LogP contribution in [0.5, 0.6) is 0 Å². The van der Waals surface area contributed by atoms with Crippen LogP contribution in [0.15, 0.2) is 41.8 Å². The van der Waals surface area contributed by atoms with Crippen LogP contribution in [0.1, 0.15) is 33.1 Å². The Morgan fingerprint density at radius 2 is 2.10 bits per heavy atom. The maximum Gasteiger partial charge on any atom is 0.346 e. The number of aromatic carboxylic acids is 1. The Kier molecular flexibility index (Phi) is 4.05. The maximum absolute atomic E-state index is 11.4. The molecule has 0 saturated carbocycles. The topological polar surface area (TPSA) is 49.3 Å². The molecule has 2 aromatic heterocycles. The fourth-order valence-electron chi connectivity index (χ4n) is 2.34. The monoisotopic (exact) mass is 317 g/mol. The van der Waals surface area contributed by atoms with Crippen LogP contribution < -0.4 is 5.32 Å². The van der Waals surface area contributed by atoms with Crippen LogP contribution in [0.3, 0.4) is 0 Å². The quantitative estimate of drug-likeness (QED) is 0.728. The van der Waals surface area contributed by atoms with Crippen LogP contribution >= 0.6 is 22.7 Å².